The van der Waals surface area contributed by atoms with E-state index in [4.69, 9.17) is 9.15 Å². The van der Waals surface area contributed by atoms with Crippen molar-refractivity contribution in [1.82, 2.24) is 4.98 Å². The summed E-state index contributed by atoms with van der Waals surface area (Å²) in [5.74, 6) is 0.298. The number of hydrogen-bond donors (Lipinski definition) is 0. The van der Waals surface area contributed by atoms with Crippen LogP contribution in [0.25, 0.3) is 11.1 Å². The van der Waals surface area contributed by atoms with Gasteiger partial charge in [0.05, 0.1) is 6.42 Å². The molecule has 22 heavy (non-hydrogen) atoms. The molecule has 0 unspecified atom stereocenters. The maximum atomic E-state index is 11.8. The van der Waals surface area contributed by atoms with Crippen molar-refractivity contribution in [2.75, 3.05) is 0 Å². The summed E-state index contributed by atoms with van der Waals surface area (Å²) >= 11 is 3.37. The Balaban J connectivity index is 1.50. The van der Waals surface area contributed by atoms with Gasteiger partial charge in [-0.05, 0) is 29.8 Å². The van der Waals surface area contributed by atoms with Crippen LogP contribution >= 0.6 is 15.9 Å². The van der Waals surface area contributed by atoms with Crippen LogP contribution in [0.15, 0.2) is 57.4 Å². The highest BCUT2D eigenvalue weighted by atomic mass is 79.9. The third-order valence-corrected chi connectivity index (χ3v) is 3.72. The molecule has 2 aromatic carbocycles. The summed E-state index contributed by atoms with van der Waals surface area (Å²) in [5.41, 5.74) is 2.50. The lowest BCUT2D eigenvalue weighted by molar-refractivity contribution is -0.145. The van der Waals surface area contributed by atoms with Crippen molar-refractivity contribution in [2.24, 2.45) is 0 Å². The second-order valence-corrected chi connectivity index (χ2v) is 5.78. The Morgan fingerprint density at radius 2 is 1.91 bits per heavy atom. The van der Waals surface area contributed by atoms with Gasteiger partial charge in [0.15, 0.2) is 11.5 Å². The van der Waals surface area contributed by atoms with E-state index in [1.807, 2.05) is 48.5 Å². The number of hydrogen-bond acceptors (Lipinski definition) is 4. The molecule has 0 amide bonds. The monoisotopic (exact) mass is 359 g/mol. The summed E-state index contributed by atoms with van der Waals surface area (Å²) in [7, 11) is 0. The Morgan fingerprint density at radius 3 is 2.68 bits per heavy atom. The van der Waals surface area contributed by atoms with Gasteiger partial charge in [-0.25, -0.2) is 4.98 Å². The van der Waals surface area contributed by atoms with E-state index in [1.54, 1.807) is 0 Å². The van der Waals surface area contributed by atoms with Crippen molar-refractivity contribution in [3.63, 3.8) is 0 Å². The van der Waals surface area contributed by atoms with E-state index in [2.05, 4.69) is 20.9 Å². The van der Waals surface area contributed by atoms with Crippen LogP contribution in [0, 0.1) is 0 Å². The number of benzene rings is 2. The van der Waals surface area contributed by atoms with Gasteiger partial charge in [-0.2, -0.15) is 0 Å². The van der Waals surface area contributed by atoms with Crippen LogP contribution in [0.1, 0.15) is 17.9 Å². The Labute approximate surface area is 136 Å². The average Bonchev–Trinajstić information content (AvgIpc) is 2.95. The molecule has 1 aromatic heterocycles. The average molecular weight is 360 g/mol. The van der Waals surface area contributed by atoms with Gasteiger partial charge in [-0.1, -0.05) is 40.2 Å². The molecule has 0 atom stereocenters. The summed E-state index contributed by atoms with van der Waals surface area (Å²) in [6.07, 6.45) is 0.692. The van der Waals surface area contributed by atoms with Gasteiger partial charge in [0, 0.05) is 10.9 Å². The second-order valence-electron chi connectivity index (χ2n) is 4.86. The molecule has 0 spiro atoms. The number of oxazole rings is 1. The molecule has 0 saturated heterocycles. The first-order valence-electron chi connectivity index (χ1n) is 6.95. The molecule has 112 valence electrons. The minimum Gasteiger partial charge on any atom is -0.461 e. The van der Waals surface area contributed by atoms with Crippen molar-refractivity contribution in [2.45, 2.75) is 19.4 Å². The molecule has 0 saturated carbocycles. The number of nitrogens with zero attached hydrogens (tertiary/aromatic N) is 1. The molecule has 0 aliphatic rings. The zero-order chi connectivity index (χ0) is 15.4. The first-order chi connectivity index (χ1) is 10.7. The maximum absolute atomic E-state index is 11.8. The van der Waals surface area contributed by atoms with Crippen molar-refractivity contribution in [3.05, 3.63) is 64.5 Å². The molecule has 1 heterocycles. The van der Waals surface area contributed by atoms with Gasteiger partial charge >= 0.3 is 5.97 Å². The normalized spacial score (nSPS) is 10.8. The summed E-state index contributed by atoms with van der Waals surface area (Å²) < 4.78 is 11.8. The number of esters is 1. The lowest BCUT2D eigenvalue weighted by atomic mass is 10.2. The minimum absolute atomic E-state index is 0.253. The number of fused-ring (bicyclic) bond motifs is 1. The summed E-state index contributed by atoms with van der Waals surface area (Å²) in [6, 6.07) is 15.2. The number of carbonyl (C=O) groups excluding carboxylic acids is 1. The Kier molecular flexibility index (Phi) is 4.53. The zero-order valence-corrected chi connectivity index (χ0v) is 13.4. The molecule has 0 aliphatic carbocycles. The standard InChI is InChI=1S/C17H14BrNO3/c18-13-7-5-12(6-8-13)11-21-17(20)10-9-16-19-14-3-1-2-4-15(14)22-16/h1-8H,9-11H2. The lowest BCUT2D eigenvalue weighted by Gasteiger charge is -2.04. The van der Waals surface area contributed by atoms with Gasteiger partial charge in [0.25, 0.3) is 0 Å². The van der Waals surface area contributed by atoms with Gasteiger partial charge in [0.1, 0.15) is 12.1 Å². The Morgan fingerprint density at radius 1 is 1.14 bits per heavy atom. The van der Waals surface area contributed by atoms with Crippen LogP contribution in [-0.4, -0.2) is 11.0 Å². The molecule has 0 radical (unpaired) electrons. The number of ether oxygens (including phenoxy) is 1. The molecule has 0 fully saturated rings. The van der Waals surface area contributed by atoms with E-state index in [-0.39, 0.29) is 19.0 Å². The highest BCUT2D eigenvalue weighted by molar-refractivity contribution is 9.10. The predicted molar refractivity (Wildman–Crippen MR) is 86.3 cm³/mol. The van der Waals surface area contributed by atoms with Crippen molar-refractivity contribution < 1.29 is 13.9 Å². The van der Waals surface area contributed by atoms with Gasteiger partial charge < -0.3 is 9.15 Å². The van der Waals surface area contributed by atoms with Gasteiger partial charge in [0.2, 0.25) is 0 Å². The number of carbonyl (C=O) groups is 1. The number of halogens is 1. The fraction of sp³-hybridized carbons (Fsp3) is 0.176. The number of aryl methyl sites for hydroxylation is 1. The predicted octanol–water partition coefficient (Wildman–Crippen LogP) is 4.27. The van der Waals surface area contributed by atoms with E-state index in [9.17, 15) is 4.79 Å². The third-order valence-electron chi connectivity index (χ3n) is 3.19. The molecule has 3 rings (SSSR count). The maximum Gasteiger partial charge on any atom is 0.306 e. The fourth-order valence-corrected chi connectivity index (χ4v) is 2.32. The van der Waals surface area contributed by atoms with E-state index in [1.165, 1.54) is 0 Å². The summed E-state index contributed by atoms with van der Waals surface area (Å²) in [6.45, 7) is 0.277. The highest BCUT2D eigenvalue weighted by Crippen LogP contribution is 2.16. The van der Waals surface area contributed by atoms with Crippen LogP contribution in [0.3, 0.4) is 0 Å². The van der Waals surface area contributed by atoms with Gasteiger partial charge in [-0.3, -0.25) is 4.79 Å². The minimum atomic E-state index is -0.259. The number of rotatable bonds is 5. The van der Waals surface area contributed by atoms with Gasteiger partial charge in [-0.15, -0.1) is 0 Å². The van der Waals surface area contributed by atoms with Crippen LogP contribution in [-0.2, 0) is 22.6 Å². The van der Waals surface area contributed by atoms with Crippen LogP contribution in [0.5, 0.6) is 0 Å². The SMILES string of the molecule is O=C(CCc1nc2ccccc2o1)OCc1ccc(Br)cc1. The Hall–Kier alpha value is -2.14. The largest absolute Gasteiger partial charge is 0.461 e. The van der Waals surface area contributed by atoms with Crippen molar-refractivity contribution in [1.29, 1.82) is 0 Å². The smallest absolute Gasteiger partial charge is 0.306 e. The highest BCUT2D eigenvalue weighted by Gasteiger charge is 2.09. The molecule has 5 heteroatoms. The van der Waals surface area contributed by atoms with Crippen LogP contribution in [0.4, 0.5) is 0 Å². The number of para-hydroxylation sites is 2. The third kappa shape index (κ3) is 3.74. The fourth-order valence-electron chi connectivity index (χ4n) is 2.05. The lowest BCUT2D eigenvalue weighted by Crippen LogP contribution is -2.06. The molecule has 0 aliphatic heterocycles. The molecular formula is C17H14BrNO3. The molecular weight excluding hydrogens is 346 g/mol. The van der Waals surface area contributed by atoms with Crippen molar-refractivity contribution >= 4 is 33.0 Å². The second kappa shape index (κ2) is 6.75. The topological polar surface area (TPSA) is 52.3 Å². The molecule has 0 N–H and O–H groups in total. The van der Waals surface area contributed by atoms with Crippen LogP contribution in [0.2, 0.25) is 0 Å². The van der Waals surface area contributed by atoms with E-state index in [0.717, 1.165) is 21.1 Å². The summed E-state index contributed by atoms with van der Waals surface area (Å²) in [5, 5.41) is 0. The molecule has 3 aromatic rings. The van der Waals surface area contributed by atoms with E-state index < -0.39 is 0 Å². The quantitative estimate of drug-likeness (QED) is 0.638. The van der Waals surface area contributed by atoms with Crippen molar-refractivity contribution in [3.8, 4) is 0 Å². The van der Waals surface area contributed by atoms with E-state index in [0.29, 0.717) is 12.3 Å². The van der Waals surface area contributed by atoms with E-state index >= 15 is 0 Å². The first kappa shape index (κ1) is 14.8. The molecule has 4 nitrogen and oxygen atoms in total. The molecule has 0 bridgehead atoms. The first-order valence-corrected chi connectivity index (χ1v) is 7.74. The Bertz CT molecular complexity index is 747. The summed E-state index contributed by atoms with van der Waals surface area (Å²) in [4.78, 5) is 16.1. The number of aromatic nitrogens is 1. The zero-order valence-electron chi connectivity index (χ0n) is 11.8. The van der Waals surface area contributed by atoms with Crippen LogP contribution < -0.4 is 0 Å².